The lowest BCUT2D eigenvalue weighted by Crippen LogP contribution is -2.32. The zero-order valence-electron chi connectivity index (χ0n) is 13.3. The fourth-order valence-electron chi connectivity index (χ4n) is 2.06. The maximum Gasteiger partial charge on any atom is 0.188 e. The van der Waals surface area contributed by atoms with Gasteiger partial charge in [-0.15, -0.1) is 24.0 Å². The molecule has 1 heterocycles. The number of nitrogens with one attached hydrogen (secondary N) is 1. The summed E-state index contributed by atoms with van der Waals surface area (Å²) >= 11 is 0. The number of nitrogens with zero attached hydrogens (tertiary/aromatic N) is 2. The number of guanidine groups is 1. The third-order valence-corrected chi connectivity index (χ3v) is 3.20. The molecule has 3 N–H and O–H groups in total. The third kappa shape index (κ3) is 10.5. The van der Waals surface area contributed by atoms with Crippen LogP contribution in [0.1, 0.15) is 56.6 Å². The minimum Gasteiger partial charge on any atom is -0.370 e. The number of hydrogen-bond acceptors (Lipinski definition) is 2. The van der Waals surface area contributed by atoms with Gasteiger partial charge in [-0.3, -0.25) is 4.98 Å². The molecular weight excluding hydrogens is 375 g/mol. The van der Waals surface area contributed by atoms with Crippen LogP contribution in [0, 0.1) is 6.92 Å². The van der Waals surface area contributed by atoms with Crippen molar-refractivity contribution in [3.05, 3.63) is 29.6 Å². The van der Waals surface area contributed by atoms with E-state index in [1.54, 1.807) is 0 Å². The van der Waals surface area contributed by atoms with Crippen molar-refractivity contribution in [3.8, 4) is 0 Å². The van der Waals surface area contributed by atoms with Crippen molar-refractivity contribution in [2.75, 3.05) is 6.54 Å². The Morgan fingerprint density at radius 3 is 2.62 bits per heavy atom. The molecule has 0 spiro atoms. The molecule has 0 aliphatic heterocycles. The van der Waals surface area contributed by atoms with Crippen LogP contribution in [0.25, 0.3) is 0 Å². The van der Waals surface area contributed by atoms with Gasteiger partial charge in [-0.1, -0.05) is 45.1 Å². The normalized spacial score (nSPS) is 11.0. The Kier molecular flexibility index (Phi) is 12.3. The number of aliphatic imine (C=N–C) groups is 1. The number of aromatic nitrogens is 1. The molecule has 120 valence electrons. The first-order valence-corrected chi connectivity index (χ1v) is 7.66. The highest BCUT2D eigenvalue weighted by Gasteiger charge is 1.95. The SMILES string of the molecule is CCCCCCCCNC(N)=NCc1cncc(C)c1.I. The molecule has 5 heteroatoms. The topological polar surface area (TPSA) is 63.3 Å². The summed E-state index contributed by atoms with van der Waals surface area (Å²) in [6, 6.07) is 2.08. The maximum absolute atomic E-state index is 5.84. The lowest BCUT2D eigenvalue weighted by molar-refractivity contribution is 0.601. The van der Waals surface area contributed by atoms with Gasteiger partial charge >= 0.3 is 0 Å². The molecule has 4 nitrogen and oxygen atoms in total. The molecule has 0 unspecified atom stereocenters. The summed E-state index contributed by atoms with van der Waals surface area (Å²) in [5.74, 6) is 0.528. The molecule has 0 saturated carbocycles. The molecule has 0 fully saturated rings. The summed E-state index contributed by atoms with van der Waals surface area (Å²) in [4.78, 5) is 8.47. The molecule has 1 rings (SSSR count). The molecule has 1 aromatic rings. The van der Waals surface area contributed by atoms with Gasteiger partial charge in [0.15, 0.2) is 5.96 Å². The van der Waals surface area contributed by atoms with Gasteiger partial charge in [-0.25, -0.2) is 4.99 Å². The quantitative estimate of drug-likeness (QED) is 0.285. The smallest absolute Gasteiger partial charge is 0.188 e. The predicted molar refractivity (Wildman–Crippen MR) is 101 cm³/mol. The molecule has 1 aromatic heterocycles. The Morgan fingerprint density at radius 1 is 1.19 bits per heavy atom. The summed E-state index contributed by atoms with van der Waals surface area (Å²) < 4.78 is 0. The largest absolute Gasteiger partial charge is 0.370 e. The fourth-order valence-corrected chi connectivity index (χ4v) is 2.06. The van der Waals surface area contributed by atoms with Crippen LogP contribution < -0.4 is 11.1 Å². The molecule has 0 radical (unpaired) electrons. The molecule has 21 heavy (non-hydrogen) atoms. The van der Waals surface area contributed by atoms with E-state index in [0.717, 1.165) is 24.1 Å². The van der Waals surface area contributed by atoms with E-state index in [2.05, 4.69) is 28.3 Å². The highest BCUT2D eigenvalue weighted by Crippen LogP contribution is 2.04. The number of unbranched alkanes of at least 4 members (excludes halogenated alkanes) is 5. The van der Waals surface area contributed by atoms with Gasteiger partial charge in [0.2, 0.25) is 0 Å². The van der Waals surface area contributed by atoms with E-state index in [9.17, 15) is 0 Å². The summed E-state index contributed by atoms with van der Waals surface area (Å²) in [6.07, 6.45) is 11.4. The molecule has 0 saturated heterocycles. The van der Waals surface area contributed by atoms with Crippen molar-refractivity contribution in [1.82, 2.24) is 10.3 Å². The number of hydrogen-bond donors (Lipinski definition) is 2. The van der Waals surface area contributed by atoms with E-state index >= 15 is 0 Å². The van der Waals surface area contributed by atoms with Gasteiger partial charge in [0.1, 0.15) is 0 Å². The van der Waals surface area contributed by atoms with E-state index in [-0.39, 0.29) is 24.0 Å². The molecule has 0 bridgehead atoms. The average molecular weight is 404 g/mol. The molecule has 0 aliphatic rings. The lowest BCUT2D eigenvalue weighted by Gasteiger charge is -2.05. The van der Waals surface area contributed by atoms with Gasteiger partial charge in [0.05, 0.1) is 6.54 Å². The highest BCUT2D eigenvalue weighted by molar-refractivity contribution is 14.0. The van der Waals surface area contributed by atoms with E-state index < -0.39 is 0 Å². The average Bonchev–Trinajstić information content (AvgIpc) is 2.44. The highest BCUT2D eigenvalue weighted by atomic mass is 127. The van der Waals surface area contributed by atoms with Crippen molar-refractivity contribution in [1.29, 1.82) is 0 Å². The Balaban J connectivity index is 0.00000400. The Labute approximate surface area is 146 Å². The first kappa shape index (κ1) is 20.1. The van der Waals surface area contributed by atoms with E-state index in [1.165, 1.54) is 32.1 Å². The van der Waals surface area contributed by atoms with Crippen molar-refractivity contribution in [2.45, 2.75) is 58.9 Å². The Bertz CT molecular complexity index is 407. The minimum atomic E-state index is 0. The van der Waals surface area contributed by atoms with Crippen LogP contribution in [0.5, 0.6) is 0 Å². The van der Waals surface area contributed by atoms with E-state index in [0.29, 0.717) is 12.5 Å². The van der Waals surface area contributed by atoms with Crippen LogP contribution in [-0.2, 0) is 6.54 Å². The number of aryl methyl sites for hydroxylation is 1. The van der Waals surface area contributed by atoms with Gasteiger partial charge in [-0.05, 0) is 24.5 Å². The summed E-state index contributed by atoms with van der Waals surface area (Å²) in [5.41, 5.74) is 8.08. The van der Waals surface area contributed by atoms with Crippen LogP contribution >= 0.6 is 24.0 Å². The van der Waals surface area contributed by atoms with Crippen LogP contribution in [0.2, 0.25) is 0 Å². The third-order valence-electron chi connectivity index (χ3n) is 3.20. The van der Waals surface area contributed by atoms with Crippen molar-refractivity contribution in [3.63, 3.8) is 0 Å². The first-order valence-electron chi connectivity index (χ1n) is 7.66. The number of halogens is 1. The second kappa shape index (κ2) is 12.9. The monoisotopic (exact) mass is 404 g/mol. The van der Waals surface area contributed by atoms with E-state index in [1.807, 2.05) is 19.3 Å². The zero-order valence-corrected chi connectivity index (χ0v) is 15.6. The van der Waals surface area contributed by atoms with Crippen LogP contribution in [0.15, 0.2) is 23.5 Å². The molecule has 0 amide bonds. The number of rotatable bonds is 9. The second-order valence-electron chi connectivity index (χ2n) is 5.27. The second-order valence-corrected chi connectivity index (χ2v) is 5.27. The van der Waals surface area contributed by atoms with Gasteiger partial charge in [0, 0.05) is 18.9 Å². The van der Waals surface area contributed by atoms with Gasteiger partial charge < -0.3 is 11.1 Å². The predicted octanol–water partition coefficient (Wildman–Crippen LogP) is 3.77. The number of pyridine rings is 1. The number of nitrogens with two attached hydrogens (primary N) is 1. The molecule has 0 aliphatic carbocycles. The Morgan fingerprint density at radius 2 is 1.90 bits per heavy atom. The van der Waals surface area contributed by atoms with Crippen molar-refractivity contribution in [2.24, 2.45) is 10.7 Å². The van der Waals surface area contributed by atoms with Crippen LogP contribution in [0.3, 0.4) is 0 Å². The van der Waals surface area contributed by atoms with Crippen LogP contribution in [-0.4, -0.2) is 17.5 Å². The summed E-state index contributed by atoms with van der Waals surface area (Å²) in [5, 5.41) is 3.17. The maximum atomic E-state index is 5.84. The fraction of sp³-hybridized carbons (Fsp3) is 0.625. The summed E-state index contributed by atoms with van der Waals surface area (Å²) in [7, 11) is 0. The standard InChI is InChI=1S/C16H28N4.HI/c1-3-4-5-6-7-8-9-19-16(17)20-13-15-10-14(2)11-18-12-15;/h10-12H,3-9,13H2,1-2H3,(H3,17,19,20);1H. The van der Waals surface area contributed by atoms with E-state index in [4.69, 9.17) is 5.73 Å². The summed E-state index contributed by atoms with van der Waals surface area (Å²) in [6.45, 7) is 5.76. The van der Waals surface area contributed by atoms with Crippen molar-refractivity contribution >= 4 is 29.9 Å². The van der Waals surface area contributed by atoms with Gasteiger partial charge in [-0.2, -0.15) is 0 Å². The van der Waals surface area contributed by atoms with Crippen molar-refractivity contribution < 1.29 is 0 Å². The molecule has 0 aromatic carbocycles. The lowest BCUT2D eigenvalue weighted by atomic mass is 10.1. The molecule has 0 atom stereocenters. The van der Waals surface area contributed by atoms with Crippen LogP contribution in [0.4, 0.5) is 0 Å². The molecular formula is C16H29IN4. The minimum absolute atomic E-state index is 0. The first-order chi connectivity index (χ1) is 9.72. The Hall–Kier alpha value is -0.850. The zero-order chi connectivity index (χ0) is 14.6. The van der Waals surface area contributed by atoms with Gasteiger partial charge in [0.25, 0.3) is 0 Å².